The SMILES string of the molecule is CC(C)(C)[S+]([O-])N[C@@H]1CCc2ccccc2C12CCN(Cc1cccc(CC(C)(C)[S+]([O-])N=C3CCc4ccccc4C34CCN(Cc3ccccc3)CC4)c1)CC2. The van der Waals surface area contributed by atoms with Gasteiger partial charge < -0.3 is 9.11 Å². The Morgan fingerprint density at radius 2 is 1.22 bits per heavy atom. The second-order valence-corrected chi connectivity index (χ2v) is 23.0. The van der Waals surface area contributed by atoms with Crippen LogP contribution in [0.4, 0.5) is 0 Å². The van der Waals surface area contributed by atoms with Gasteiger partial charge in [-0.25, -0.2) is 0 Å². The normalized spacial score (nSPS) is 22.7. The molecule has 308 valence electrons. The molecule has 2 saturated heterocycles. The van der Waals surface area contributed by atoms with Crippen molar-refractivity contribution in [2.45, 2.75) is 132 Å². The van der Waals surface area contributed by atoms with E-state index in [4.69, 9.17) is 4.40 Å². The first-order chi connectivity index (χ1) is 27.8. The second kappa shape index (κ2) is 17.2. The first-order valence-electron chi connectivity index (χ1n) is 21.8. The summed E-state index contributed by atoms with van der Waals surface area (Å²) in [6.07, 6.45) is 8.70. The average Bonchev–Trinajstić information content (AvgIpc) is 3.22. The largest absolute Gasteiger partial charge is 0.598 e. The zero-order valence-electron chi connectivity index (χ0n) is 35.5. The fourth-order valence-corrected chi connectivity index (χ4v) is 12.5. The van der Waals surface area contributed by atoms with Crippen LogP contribution >= 0.6 is 0 Å². The molecule has 2 unspecified atom stereocenters. The van der Waals surface area contributed by atoms with Gasteiger partial charge in [0.25, 0.3) is 0 Å². The third-order valence-electron chi connectivity index (χ3n) is 13.8. The molecule has 4 aromatic carbocycles. The van der Waals surface area contributed by atoms with E-state index < -0.39 is 27.5 Å². The standard InChI is InChI=1S/C50H64N4O2S2/c1-47(2,3)57(55)51-45-24-22-41-18-9-11-20-43(41)49(45)28-32-54(33-29-49)37-40-17-13-16-39(34-40)35-48(4,5)58(56)52-46-25-23-42-19-10-12-21-44(42)50(46)26-30-53(31-27-50)36-38-14-7-6-8-15-38/h6-21,34,45,51H,22-33,35-37H2,1-5H3/t45-,57?,58?/m1/s1. The van der Waals surface area contributed by atoms with E-state index in [0.29, 0.717) is 6.42 Å². The van der Waals surface area contributed by atoms with Gasteiger partial charge >= 0.3 is 0 Å². The number of piperidine rings is 2. The maximum Gasteiger partial charge on any atom is 0.151 e. The molecule has 4 aliphatic rings. The predicted molar refractivity (Wildman–Crippen MR) is 243 cm³/mol. The van der Waals surface area contributed by atoms with Crippen LogP contribution in [0.5, 0.6) is 0 Å². The minimum absolute atomic E-state index is 0.0120. The lowest BCUT2D eigenvalue weighted by molar-refractivity contribution is 0.120. The van der Waals surface area contributed by atoms with Gasteiger partial charge in [0.2, 0.25) is 0 Å². The molecule has 0 radical (unpaired) electrons. The molecule has 2 aliphatic carbocycles. The fourth-order valence-electron chi connectivity index (χ4n) is 10.5. The van der Waals surface area contributed by atoms with Crippen molar-refractivity contribution in [3.05, 3.63) is 142 Å². The summed E-state index contributed by atoms with van der Waals surface area (Å²) in [6, 6.07) is 37.9. The zero-order chi connectivity index (χ0) is 40.5. The van der Waals surface area contributed by atoms with E-state index in [1.165, 1.54) is 38.9 Å². The topological polar surface area (TPSA) is 77.0 Å². The van der Waals surface area contributed by atoms with E-state index in [-0.39, 0.29) is 21.6 Å². The lowest BCUT2D eigenvalue weighted by Gasteiger charge is -2.50. The molecule has 2 spiro atoms. The Bertz CT molecular complexity index is 2050. The third-order valence-corrected chi connectivity index (χ3v) is 16.9. The van der Waals surface area contributed by atoms with Crippen molar-refractivity contribution in [1.29, 1.82) is 0 Å². The number of hydrogen-bond acceptors (Lipinski definition) is 6. The Labute approximate surface area is 354 Å². The van der Waals surface area contributed by atoms with Crippen LogP contribution in [0.1, 0.15) is 112 Å². The van der Waals surface area contributed by atoms with Crippen LogP contribution in [0.3, 0.4) is 0 Å². The van der Waals surface area contributed by atoms with Crippen LogP contribution in [0, 0.1) is 0 Å². The minimum Gasteiger partial charge on any atom is -0.598 e. The highest BCUT2D eigenvalue weighted by Gasteiger charge is 2.49. The number of nitrogens with zero attached hydrogens (tertiary/aromatic N) is 3. The van der Waals surface area contributed by atoms with Crippen molar-refractivity contribution in [1.82, 2.24) is 14.5 Å². The van der Waals surface area contributed by atoms with Crippen LogP contribution < -0.4 is 4.72 Å². The maximum absolute atomic E-state index is 14.4. The number of nitrogens with one attached hydrogen (secondary N) is 1. The van der Waals surface area contributed by atoms with Crippen LogP contribution in [-0.4, -0.2) is 66.3 Å². The molecule has 2 heterocycles. The number of aryl methyl sites for hydroxylation is 2. The molecular formula is C50H64N4O2S2. The quantitative estimate of drug-likeness (QED) is 0.162. The minimum atomic E-state index is -1.39. The summed E-state index contributed by atoms with van der Waals surface area (Å²) >= 11 is -2.50. The highest BCUT2D eigenvalue weighted by molar-refractivity contribution is 7.91. The lowest BCUT2D eigenvalue weighted by atomic mass is 9.62. The average molecular weight is 817 g/mol. The van der Waals surface area contributed by atoms with Gasteiger partial charge in [-0.2, -0.15) is 0 Å². The summed E-state index contributed by atoms with van der Waals surface area (Å²) in [5, 5.41) is 0. The van der Waals surface area contributed by atoms with Crippen molar-refractivity contribution in [3.8, 4) is 0 Å². The Balaban J connectivity index is 0.941. The third kappa shape index (κ3) is 8.77. The van der Waals surface area contributed by atoms with Crippen molar-refractivity contribution >= 4 is 28.4 Å². The zero-order valence-corrected chi connectivity index (χ0v) is 37.1. The fraction of sp³-hybridized carbons (Fsp3) is 0.500. The van der Waals surface area contributed by atoms with Crippen molar-refractivity contribution < 1.29 is 9.11 Å². The van der Waals surface area contributed by atoms with E-state index in [1.807, 2.05) is 0 Å². The van der Waals surface area contributed by atoms with E-state index in [0.717, 1.165) is 96.3 Å². The summed E-state index contributed by atoms with van der Waals surface area (Å²) in [4.78, 5) is 5.17. The summed E-state index contributed by atoms with van der Waals surface area (Å²) in [7, 11) is 0. The molecule has 0 aromatic heterocycles. The second-order valence-electron chi connectivity index (χ2n) is 19.2. The van der Waals surface area contributed by atoms with Crippen LogP contribution in [-0.2, 0) is 65.9 Å². The molecular weight excluding hydrogens is 753 g/mol. The molecule has 0 bridgehead atoms. The molecule has 8 rings (SSSR count). The predicted octanol–water partition coefficient (Wildman–Crippen LogP) is 9.19. The molecule has 6 nitrogen and oxygen atoms in total. The van der Waals surface area contributed by atoms with Gasteiger partial charge in [0, 0.05) is 41.7 Å². The number of hydrogen-bond donors (Lipinski definition) is 1. The van der Waals surface area contributed by atoms with Crippen LogP contribution in [0.15, 0.2) is 108 Å². The van der Waals surface area contributed by atoms with Gasteiger partial charge in [-0.1, -0.05) is 108 Å². The maximum atomic E-state index is 14.4. The molecule has 8 heteroatoms. The number of rotatable bonds is 10. The molecule has 58 heavy (non-hydrogen) atoms. The molecule has 2 fully saturated rings. The van der Waals surface area contributed by atoms with Gasteiger partial charge in [-0.15, -0.1) is 4.72 Å². The first kappa shape index (κ1) is 41.8. The summed E-state index contributed by atoms with van der Waals surface area (Å²) < 4.78 is 35.9. The number of benzene rings is 4. The summed E-state index contributed by atoms with van der Waals surface area (Å²) in [6.45, 7) is 16.3. The van der Waals surface area contributed by atoms with E-state index in [2.05, 4.69) is 152 Å². The van der Waals surface area contributed by atoms with E-state index >= 15 is 0 Å². The van der Waals surface area contributed by atoms with Crippen molar-refractivity contribution in [2.24, 2.45) is 4.40 Å². The number of likely N-dealkylation sites (tertiary alicyclic amines) is 2. The Morgan fingerprint density at radius 3 is 1.91 bits per heavy atom. The molecule has 3 atom stereocenters. The Kier molecular flexibility index (Phi) is 12.4. The molecule has 0 saturated carbocycles. The smallest absolute Gasteiger partial charge is 0.151 e. The highest BCUT2D eigenvalue weighted by Crippen LogP contribution is 2.47. The molecule has 2 aliphatic heterocycles. The van der Waals surface area contributed by atoms with E-state index in [9.17, 15) is 9.11 Å². The van der Waals surface area contributed by atoms with Gasteiger partial charge in [-0.05, 0) is 151 Å². The molecule has 4 aromatic rings. The van der Waals surface area contributed by atoms with Crippen LogP contribution in [0.2, 0.25) is 0 Å². The summed E-state index contributed by atoms with van der Waals surface area (Å²) in [5.41, 5.74) is 10.6. The summed E-state index contributed by atoms with van der Waals surface area (Å²) in [5.74, 6) is 0. The van der Waals surface area contributed by atoms with Gasteiger partial charge in [-0.3, -0.25) is 9.80 Å². The lowest BCUT2D eigenvalue weighted by Crippen LogP contribution is -2.59. The van der Waals surface area contributed by atoms with Gasteiger partial charge in [0.05, 0.1) is 11.8 Å². The first-order valence-corrected chi connectivity index (χ1v) is 24.0. The number of fused-ring (bicyclic) bond motifs is 4. The Morgan fingerprint density at radius 1 is 0.655 bits per heavy atom. The van der Waals surface area contributed by atoms with Crippen molar-refractivity contribution in [3.63, 3.8) is 0 Å². The van der Waals surface area contributed by atoms with Crippen LogP contribution in [0.25, 0.3) is 0 Å². The van der Waals surface area contributed by atoms with Gasteiger partial charge in [0.1, 0.15) is 16.1 Å². The highest BCUT2D eigenvalue weighted by atomic mass is 32.2. The molecule has 1 N–H and O–H groups in total. The van der Waals surface area contributed by atoms with E-state index in [1.54, 1.807) is 0 Å². The molecule has 0 amide bonds. The monoisotopic (exact) mass is 816 g/mol. The Hall–Kier alpha value is -2.95. The van der Waals surface area contributed by atoms with Crippen molar-refractivity contribution in [2.75, 3.05) is 26.2 Å². The van der Waals surface area contributed by atoms with Gasteiger partial charge in [0.15, 0.2) is 4.75 Å².